The smallest absolute Gasteiger partial charge is 0.232 e. The molecule has 1 fully saturated rings. The van der Waals surface area contributed by atoms with Crippen LogP contribution in [-0.4, -0.2) is 32.7 Å². The summed E-state index contributed by atoms with van der Waals surface area (Å²) >= 11 is 6.24. The van der Waals surface area contributed by atoms with Crippen LogP contribution in [0.3, 0.4) is 0 Å². The molecule has 3 aromatic rings. The molecule has 2 atom stereocenters. The van der Waals surface area contributed by atoms with Gasteiger partial charge in [-0.3, -0.25) is 4.79 Å². The zero-order valence-electron chi connectivity index (χ0n) is 22.0. The molecular formula is C31H35ClN2O3. The topological polar surface area (TPSA) is 42.0 Å². The van der Waals surface area contributed by atoms with Gasteiger partial charge in [-0.1, -0.05) is 30.7 Å². The van der Waals surface area contributed by atoms with Gasteiger partial charge in [-0.15, -0.1) is 0 Å². The maximum Gasteiger partial charge on any atom is 0.232 e. The molecule has 0 saturated heterocycles. The Kier molecular flexibility index (Phi) is 7.34. The zero-order chi connectivity index (χ0) is 26.1. The highest BCUT2D eigenvalue weighted by Crippen LogP contribution is 2.44. The number of methoxy groups -OCH3 is 1. The first kappa shape index (κ1) is 25.5. The van der Waals surface area contributed by atoms with Gasteiger partial charge >= 0.3 is 0 Å². The van der Waals surface area contributed by atoms with Gasteiger partial charge in [-0.25, -0.2) is 0 Å². The first-order valence-corrected chi connectivity index (χ1v) is 13.5. The fourth-order valence-corrected chi connectivity index (χ4v) is 5.16. The lowest BCUT2D eigenvalue weighted by molar-refractivity contribution is -0.118. The minimum atomic E-state index is -0.311. The molecular weight excluding hydrogens is 484 g/mol. The number of fused-ring (bicyclic) bond motifs is 1. The van der Waals surface area contributed by atoms with Crippen molar-refractivity contribution in [1.82, 2.24) is 0 Å². The second-order valence-electron chi connectivity index (χ2n) is 10.3. The minimum Gasteiger partial charge on any atom is -0.493 e. The number of amides is 1. The molecule has 0 aromatic heterocycles. The summed E-state index contributed by atoms with van der Waals surface area (Å²) in [4.78, 5) is 17.9. The highest BCUT2D eigenvalue weighted by Gasteiger charge is 2.36. The van der Waals surface area contributed by atoms with Crippen LogP contribution in [0.25, 0.3) is 0 Å². The van der Waals surface area contributed by atoms with Crippen molar-refractivity contribution >= 4 is 28.9 Å². The monoisotopic (exact) mass is 518 g/mol. The Balaban J connectivity index is 1.58. The van der Waals surface area contributed by atoms with Crippen LogP contribution in [0, 0.1) is 5.92 Å². The van der Waals surface area contributed by atoms with Gasteiger partial charge < -0.3 is 19.3 Å². The number of ether oxygens (including phenoxy) is 2. The average molecular weight is 519 g/mol. The van der Waals surface area contributed by atoms with Crippen LogP contribution in [0.2, 0.25) is 5.02 Å². The van der Waals surface area contributed by atoms with Crippen LogP contribution in [-0.2, 0) is 11.2 Å². The van der Waals surface area contributed by atoms with Crippen molar-refractivity contribution in [2.24, 2.45) is 5.92 Å². The molecule has 6 heteroatoms. The number of benzene rings is 3. The number of carbonyl (C=O) groups excluding carboxylic acids is 1. The molecule has 0 radical (unpaired) electrons. The van der Waals surface area contributed by atoms with E-state index in [9.17, 15) is 4.79 Å². The standard InChI is InChI=1S/C31H35ClN2O3/c1-5-20(2)37-29-18-27-23(16-28(29)36-4)17-30(35)34(31(27)22-8-10-24(32)11-9-22)26-14-12-25(13-15-26)33(3)19-21-6-7-21/h8-16,18,20-21,31H,5-7,17,19H2,1-4H3/t20?,31-/m1/s1. The SMILES string of the molecule is CCC(C)Oc1cc2c(cc1OC)CC(=O)N(c1ccc(N(C)CC3CC3)cc1)[C@@H]2c1ccc(Cl)cc1. The van der Waals surface area contributed by atoms with Crippen LogP contribution in [0.5, 0.6) is 11.5 Å². The third-order valence-electron chi connectivity index (χ3n) is 7.48. The number of anilines is 2. The van der Waals surface area contributed by atoms with E-state index in [1.807, 2.05) is 42.2 Å². The fraction of sp³-hybridized carbons (Fsp3) is 0.387. The van der Waals surface area contributed by atoms with E-state index < -0.39 is 0 Å². The Morgan fingerprint density at radius 2 is 1.76 bits per heavy atom. The van der Waals surface area contributed by atoms with E-state index in [2.05, 4.69) is 49.2 Å². The number of hydrogen-bond acceptors (Lipinski definition) is 4. The van der Waals surface area contributed by atoms with Crippen LogP contribution in [0.15, 0.2) is 60.7 Å². The molecule has 2 aliphatic rings. The molecule has 3 aromatic carbocycles. The number of carbonyl (C=O) groups is 1. The summed E-state index contributed by atoms with van der Waals surface area (Å²) in [6.45, 7) is 5.22. The first-order chi connectivity index (χ1) is 17.9. The highest BCUT2D eigenvalue weighted by atomic mass is 35.5. The fourth-order valence-electron chi connectivity index (χ4n) is 5.04. The number of halogens is 1. The van der Waals surface area contributed by atoms with Crippen LogP contribution >= 0.6 is 11.6 Å². The molecule has 1 aliphatic heterocycles. The molecule has 1 unspecified atom stereocenters. The molecule has 1 heterocycles. The summed E-state index contributed by atoms with van der Waals surface area (Å²) in [7, 11) is 3.78. The van der Waals surface area contributed by atoms with Crippen molar-refractivity contribution in [3.63, 3.8) is 0 Å². The third kappa shape index (κ3) is 5.42. The highest BCUT2D eigenvalue weighted by molar-refractivity contribution is 6.30. The van der Waals surface area contributed by atoms with Crippen molar-refractivity contribution in [3.8, 4) is 11.5 Å². The lowest BCUT2D eigenvalue weighted by Gasteiger charge is -2.38. The first-order valence-electron chi connectivity index (χ1n) is 13.1. The van der Waals surface area contributed by atoms with Crippen LogP contribution < -0.4 is 19.3 Å². The van der Waals surface area contributed by atoms with Gasteiger partial charge in [0.15, 0.2) is 11.5 Å². The lowest BCUT2D eigenvalue weighted by Crippen LogP contribution is -2.41. The largest absolute Gasteiger partial charge is 0.493 e. The Morgan fingerprint density at radius 3 is 2.38 bits per heavy atom. The van der Waals surface area contributed by atoms with E-state index in [-0.39, 0.29) is 18.1 Å². The number of rotatable bonds is 9. The summed E-state index contributed by atoms with van der Waals surface area (Å²) in [5.41, 5.74) is 5.02. The molecule has 0 N–H and O–H groups in total. The third-order valence-corrected chi connectivity index (χ3v) is 7.73. The maximum atomic E-state index is 13.7. The maximum absolute atomic E-state index is 13.7. The van der Waals surface area contributed by atoms with E-state index in [1.165, 1.54) is 12.8 Å². The molecule has 5 nitrogen and oxygen atoms in total. The Bertz CT molecular complexity index is 1250. The zero-order valence-corrected chi connectivity index (χ0v) is 22.8. The van der Waals surface area contributed by atoms with Gasteiger partial charge in [0.1, 0.15) is 0 Å². The predicted octanol–water partition coefficient (Wildman–Crippen LogP) is 7.05. The molecule has 37 heavy (non-hydrogen) atoms. The summed E-state index contributed by atoms with van der Waals surface area (Å²) in [5, 5.41) is 0.663. The molecule has 1 aliphatic carbocycles. The Hall–Kier alpha value is -3.18. The van der Waals surface area contributed by atoms with Crippen molar-refractivity contribution in [1.29, 1.82) is 0 Å². The quantitative estimate of drug-likeness (QED) is 0.304. The Labute approximate surface area is 224 Å². The minimum absolute atomic E-state index is 0.0439. The molecule has 5 rings (SSSR count). The summed E-state index contributed by atoms with van der Waals surface area (Å²) < 4.78 is 11.9. The molecule has 1 amide bonds. The van der Waals surface area contributed by atoms with Crippen LogP contribution in [0.1, 0.15) is 55.8 Å². The van der Waals surface area contributed by atoms with Gasteiger partial charge in [0.2, 0.25) is 5.91 Å². The average Bonchev–Trinajstić information content (AvgIpc) is 3.72. The normalized spacial score (nSPS) is 17.8. The van der Waals surface area contributed by atoms with Crippen LogP contribution in [0.4, 0.5) is 11.4 Å². The molecule has 1 saturated carbocycles. The van der Waals surface area contributed by atoms with E-state index in [1.54, 1.807) is 7.11 Å². The van der Waals surface area contributed by atoms with E-state index in [0.717, 1.165) is 46.9 Å². The van der Waals surface area contributed by atoms with Gasteiger partial charge in [0.05, 0.1) is 25.7 Å². The van der Waals surface area contributed by atoms with Gasteiger partial charge in [0.25, 0.3) is 0 Å². The van der Waals surface area contributed by atoms with Gasteiger partial charge in [0, 0.05) is 30.0 Å². The van der Waals surface area contributed by atoms with Crippen molar-refractivity contribution < 1.29 is 14.3 Å². The van der Waals surface area contributed by atoms with Gasteiger partial charge in [-0.2, -0.15) is 0 Å². The van der Waals surface area contributed by atoms with Crippen molar-refractivity contribution in [3.05, 3.63) is 82.4 Å². The lowest BCUT2D eigenvalue weighted by atomic mass is 9.86. The molecule has 0 spiro atoms. The molecule has 0 bridgehead atoms. The van der Waals surface area contributed by atoms with Gasteiger partial charge in [-0.05, 0) is 97.3 Å². The Morgan fingerprint density at radius 1 is 1.05 bits per heavy atom. The van der Waals surface area contributed by atoms with E-state index >= 15 is 0 Å². The summed E-state index contributed by atoms with van der Waals surface area (Å²) in [6.07, 6.45) is 3.86. The summed E-state index contributed by atoms with van der Waals surface area (Å²) in [6, 6.07) is 19.8. The molecule has 194 valence electrons. The predicted molar refractivity (Wildman–Crippen MR) is 150 cm³/mol. The second kappa shape index (κ2) is 10.7. The van der Waals surface area contributed by atoms with E-state index in [4.69, 9.17) is 21.1 Å². The van der Waals surface area contributed by atoms with Crippen molar-refractivity contribution in [2.45, 2.75) is 51.7 Å². The number of hydrogen-bond donors (Lipinski definition) is 0. The second-order valence-corrected chi connectivity index (χ2v) is 10.7. The number of nitrogens with zero attached hydrogens (tertiary/aromatic N) is 2. The summed E-state index contributed by atoms with van der Waals surface area (Å²) in [5.74, 6) is 2.20. The van der Waals surface area contributed by atoms with Crippen molar-refractivity contribution in [2.75, 3.05) is 30.5 Å². The van der Waals surface area contributed by atoms with E-state index in [0.29, 0.717) is 22.9 Å².